The van der Waals surface area contributed by atoms with Gasteiger partial charge in [-0.25, -0.2) is 0 Å². The molecule has 4 aliphatic rings. The van der Waals surface area contributed by atoms with Crippen LogP contribution in [-0.4, -0.2) is 61.4 Å². The first-order valence-electron chi connectivity index (χ1n) is 12.0. The number of phenolic OH excluding ortho intramolecular Hbond substituents is 1. The Bertz CT molecular complexity index is 1260. The molecule has 8 heteroatoms. The first-order valence-corrected chi connectivity index (χ1v) is 12.0. The van der Waals surface area contributed by atoms with Gasteiger partial charge in [-0.2, -0.15) is 0 Å². The van der Waals surface area contributed by atoms with Gasteiger partial charge in [-0.1, -0.05) is 25.1 Å². The van der Waals surface area contributed by atoms with Gasteiger partial charge in [0.1, 0.15) is 22.8 Å². The lowest BCUT2D eigenvalue weighted by Crippen LogP contribution is -2.57. The monoisotopic (exact) mass is 479 g/mol. The van der Waals surface area contributed by atoms with Gasteiger partial charge < -0.3 is 20.4 Å². The minimum atomic E-state index is -2.46. The number of Topliss-reactive ketones (excluding diaryl/α,β-unsaturated/α-hetero) is 3. The number of carbonyl (C=O) groups excluding carboxylic acids is 3. The molecular formula is C27H29NO7. The largest absolute Gasteiger partial charge is 0.508 e. The van der Waals surface area contributed by atoms with Crippen LogP contribution in [-0.2, 0) is 33.8 Å². The van der Waals surface area contributed by atoms with Crippen LogP contribution in [0.4, 0.5) is 0 Å². The number of aryl methyl sites for hydroxylation is 1. The Labute approximate surface area is 202 Å². The van der Waals surface area contributed by atoms with E-state index in [0.29, 0.717) is 24.9 Å². The van der Waals surface area contributed by atoms with Crippen molar-refractivity contribution in [3.8, 4) is 5.75 Å². The Balaban J connectivity index is 1.66. The number of hydrogen-bond acceptors (Lipinski definition) is 8. The molecule has 0 amide bonds. The number of phenols is 1. The van der Waals surface area contributed by atoms with Gasteiger partial charge in [-0.15, -0.1) is 0 Å². The number of aromatic hydroxyl groups is 1. The number of hydrogen-bond donors (Lipinski definition) is 4. The van der Waals surface area contributed by atoms with Crippen molar-refractivity contribution in [2.24, 2.45) is 11.8 Å². The topological polar surface area (TPSA) is 135 Å². The van der Waals surface area contributed by atoms with E-state index in [4.69, 9.17) is 0 Å². The highest BCUT2D eigenvalue weighted by Crippen LogP contribution is 2.52. The van der Waals surface area contributed by atoms with E-state index in [1.165, 1.54) is 0 Å². The summed E-state index contributed by atoms with van der Waals surface area (Å²) in [6, 6.07) is 1.95. The number of aliphatic hydroxyl groups excluding tert-OH is 2. The van der Waals surface area contributed by atoms with Crippen molar-refractivity contribution in [1.82, 2.24) is 4.90 Å². The molecule has 1 aromatic rings. The molecule has 4 N–H and O–H groups in total. The van der Waals surface area contributed by atoms with Gasteiger partial charge in [0.05, 0.1) is 5.56 Å². The Hall–Kier alpha value is -3.23. The summed E-state index contributed by atoms with van der Waals surface area (Å²) in [7, 11) is 0. The maximum Gasteiger partial charge on any atom is 0.202 e. The highest BCUT2D eigenvalue weighted by Gasteiger charge is 2.60. The summed E-state index contributed by atoms with van der Waals surface area (Å²) in [5, 5.41) is 44.7. The molecular weight excluding hydrogens is 450 g/mol. The zero-order chi connectivity index (χ0) is 25.2. The Morgan fingerprint density at radius 3 is 2.43 bits per heavy atom. The number of aliphatic hydroxyl groups is 3. The molecule has 184 valence electrons. The summed E-state index contributed by atoms with van der Waals surface area (Å²) in [6.07, 6.45) is 5.03. The van der Waals surface area contributed by atoms with Crippen LogP contribution in [0.2, 0.25) is 0 Å². The summed E-state index contributed by atoms with van der Waals surface area (Å²) in [5.41, 5.74) is -0.560. The molecule has 1 aromatic carbocycles. The molecule has 3 atom stereocenters. The van der Waals surface area contributed by atoms with Crippen LogP contribution < -0.4 is 0 Å². The van der Waals surface area contributed by atoms with E-state index in [0.717, 1.165) is 31.1 Å². The Morgan fingerprint density at radius 2 is 1.80 bits per heavy atom. The molecule has 1 saturated carbocycles. The fourth-order valence-electron chi connectivity index (χ4n) is 6.26. The molecule has 0 aromatic heterocycles. The number of ketones is 3. The summed E-state index contributed by atoms with van der Waals surface area (Å²) in [4.78, 5) is 40.3. The van der Waals surface area contributed by atoms with E-state index in [1.807, 2.05) is 25.1 Å². The second kappa shape index (κ2) is 8.17. The minimum absolute atomic E-state index is 0.0719. The number of allylic oxidation sites excluding steroid dienone is 1. The quantitative estimate of drug-likeness (QED) is 0.382. The predicted octanol–water partition coefficient (Wildman–Crippen LogP) is 2.46. The Morgan fingerprint density at radius 1 is 1.11 bits per heavy atom. The van der Waals surface area contributed by atoms with E-state index in [9.17, 15) is 34.8 Å². The zero-order valence-electron chi connectivity index (χ0n) is 19.8. The zero-order valence-corrected chi connectivity index (χ0v) is 19.8. The third-order valence-electron chi connectivity index (χ3n) is 8.01. The van der Waals surface area contributed by atoms with Gasteiger partial charge in [0.15, 0.2) is 17.2 Å². The maximum absolute atomic E-state index is 13.7. The van der Waals surface area contributed by atoms with Crippen LogP contribution in [0, 0.1) is 11.8 Å². The van der Waals surface area contributed by atoms with E-state index >= 15 is 0 Å². The molecule has 3 aliphatic carbocycles. The average Bonchev–Trinajstić information content (AvgIpc) is 3.31. The number of rotatable bonds is 4. The van der Waals surface area contributed by atoms with Crippen LogP contribution in [0.25, 0.3) is 5.76 Å². The highest BCUT2D eigenvalue weighted by molar-refractivity contribution is 6.23. The number of nitrogens with zero attached hydrogens (tertiary/aromatic N) is 1. The average molecular weight is 480 g/mol. The molecule has 1 aliphatic heterocycles. The summed E-state index contributed by atoms with van der Waals surface area (Å²) >= 11 is 0. The van der Waals surface area contributed by atoms with E-state index < -0.39 is 51.9 Å². The standard InChI is InChI=1S/C27H29NO7/c1-3-14-8-16(12-28-6-4-5-7-28)23(31)22-18(14)10-15-9-17-11-19(30)20(13(2)29)25(33)27(17,35)26(34)21(15)24(22)32/h4-5,8,15,17,31-33,35H,3,6-7,9-12H2,1-2H3/t15-,17+,27-/m1/s1. The van der Waals surface area contributed by atoms with Gasteiger partial charge in [0.25, 0.3) is 0 Å². The van der Waals surface area contributed by atoms with Crippen LogP contribution in [0.1, 0.15) is 48.9 Å². The third kappa shape index (κ3) is 3.31. The molecule has 1 heterocycles. The van der Waals surface area contributed by atoms with Crippen LogP contribution in [0.3, 0.4) is 0 Å². The summed E-state index contributed by atoms with van der Waals surface area (Å²) in [6.45, 7) is 5.06. The van der Waals surface area contributed by atoms with E-state index in [2.05, 4.69) is 4.90 Å². The molecule has 0 bridgehead atoms. The van der Waals surface area contributed by atoms with Crippen molar-refractivity contribution in [3.05, 3.63) is 57.4 Å². The van der Waals surface area contributed by atoms with Crippen molar-refractivity contribution >= 4 is 23.1 Å². The second-order valence-electron chi connectivity index (χ2n) is 10.0. The fourth-order valence-corrected chi connectivity index (χ4v) is 6.26. The molecule has 8 nitrogen and oxygen atoms in total. The maximum atomic E-state index is 13.7. The lowest BCUT2D eigenvalue weighted by Gasteiger charge is -2.46. The van der Waals surface area contributed by atoms with Crippen LogP contribution >= 0.6 is 0 Å². The molecule has 1 fully saturated rings. The molecule has 35 heavy (non-hydrogen) atoms. The van der Waals surface area contributed by atoms with Gasteiger partial charge in [-0.05, 0) is 43.2 Å². The third-order valence-corrected chi connectivity index (χ3v) is 8.01. The van der Waals surface area contributed by atoms with Crippen molar-refractivity contribution in [1.29, 1.82) is 0 Å². The fraction of sp³-hybridized carbons (Fsp3) is 0.444. The molecule has 5 rings (SSSR count). The number of carbonyl (C=O) groups is 3. The van der Waals surface area contributed by atoms with Crippen LogP contribution in [0.15, 0.2) is 35.1 Å². The van der Waals surface area contributed by atoms with Gasteiger partial charge in [0.2, 0.25) is 5.78 Å². The molecule has 0 saturated heterocycles. The van der Waals surface area contributed by atoms with Gasteiger partial charge in [-0.3, -0.25) is 19.3 Å². The smallest absolute Gasteiger partial charge is 0.202 e. The molecule has 0 radical (unpaired) electrons. The molecule has 0 spiro atoms. The SMILES string of the molecule is CCc1cc(CN2CC=CC2)c(O)c2c1C[C@H]1C[C@H]3CC(=O)C(C(C)=O)=C(O)[C@@]3(O)C(=O)C1=C2O. The van der Waals surface area contributed by atoms with E-state index in [-0.39, 0.29) is 29.7 Å². The first kappa shape index (κ1) is 23.5. The second-order valence-corrected chi connectivity index (χ2v) is 10.0. The van der Waals surface area contributed by atoms with Crippen molar-refractivity contribution in [3.63, 3.8) is 0 Å². The van der Waals surface area contributed by atoms with Crippen molar-refractivity contribution < 1.29 is 34.8 Å². The lowest BCUT2D eigenvalue weighted by molar-refractivity contribution is -0.147. The summed E-state index contributed by atoms with van der Waals surface area (Å²) in [5.74, 6) is -5.08. The Kier molecular flexibility index (Phi) is 5.49. The van der Waals surface area contributed by atoms with Crippen LogP contribution in [0.5, 0.6) is 5.75 Å². The van der Waals surface area contributed by atoms with Gasteiger partial charge in [0, 0.05) is 43.1 Å². The number of fused-ring (bicyclic) bond motifs is 3. The predicted molar refractivity (Wildman–Crippen MR) is 127 cm³/mol. The number of benzene rings is 1. The normalized spacial score (nSPS) is 28.3. The van der Waals surface area contributed by atoms with Gasteiger partial charge >= 0.3 is 0 Å². The van der Waals surface area contributed by atoms with Crippen molar-refractivity contribution in [2.45, 2.75) is 51.7 Å². The lowest BCUT2D eigenvalue weighted by atomic mass is 9.59. The summed E-state index contributed by atoms with van der Waals surface area (Å²) < 4.78 is 0. The van der Waals surface area contributed by atoms with Crippen molar-refractivity contribution in [2.75, 3.05) is 13.1 Å². The highest BCUT2D eigenvalue weighted by atomic mass is 16.3. The first-order chi connectivity index (χ1) is 16.6. The molecule has 0 unspecified atom stereocenters. The minimum Gasteiger partial charge on any atom is -0.508 e. The van der Waals surface area contributed by atoms with E-state index in [1.54, 1.807) is 0 Å².